The smallest absolute Gasteiger partial charge is 0.113 e. The number of nitrogens with zero attached hydrogens (tertiary/aromatic N) is 1. The molecule has 0 aromatic carbocycles. The molecule has 1 saturated heterocycles. The van der Waals surface area contributed by atoms with Crippen molar-refractivity contribution in [3.8, 4) is 0 Å². The Morgan fingerprint density at radius 3 is 3.00 bits per heavy atom. The van der Waals surface area contributed by atoms with E-state index in [0.717, 1.165) is 25.9 Å². The van der Waals surface area contributed by atoms with Gasteiger partial charge in [0.15, 0.2) is 0 Å². The average Bonchev–Trinajstić information content (AvgIpc) is 2.01. The molecule has 0 saturated carbocycles. The van der Waals surface area contributed by atoms with Crippen molar-refractivity contribution in [2.45, 2.75) is 38.8 Å². The largest absolute Gasteiger partial charge is 0.300 e. The number of hydrogen-bond acceptors (Lipinski definition) is 1. The molecule has 11 heavy (non-hydrogen) atoms. The summed E-state index contributed by atoms with van der Waals surface area (Å²) in [6.07, 6.45) is 3.70. The van der Waals surface area contributed by atoms with Crippen LogP contribution in [-0.4, -0.2) is 30.7 Å². The summed E-state index contributed by atoms with van der Waals surface area (Å²) in [7, 11) is 0. The van der Waals surface area contributed by atoms with Crippen LogP contribution >= 0.6 is 0 Å². The Balaban J connectivity index is 2.12. The predicted octanol–water partition coefficient (Wildman–Crippen LogP) is 2.22. The first-order valence-corrected chi connectivity index (χ1v) is 4.69. The Labute approximate surface area is 68.6 Å². The third-order valence-corrected chi connectivity index (χ3v) is 2.28. The molecule has 0 radical (unpaired) electrons. The molecule has 0 bridgehead atoms. The molecule has 1 aliphatic heterocycles. The third kappa shape index (κ3) is 3.19. The SMILES string of the molecule is CCCCN1CCCC(F)C1. The highest BCUT2D eigenvalue weighted by Gasteiger charge is 2.17. The fourth-order valence-electron chi connectivity index (χ4n) is 1.58. The predicted molar refractivity (Wildman–Crippen MR) is 45.5 cm³/mol. The molecular weight excluding hydrogens is 141 g/mol. The van der Waals surface area contributed by atoms with E-state index in [1.807, 2.05) is 0 Å². The lowest BCUT2D eigenvalue weighted by molar-refractivity contribution is 0.137. The molecule has 1 rings (SSSR count). The van der Waals surface area contributed by atoms with Gasteiger partial charge in [-0.25, -0.2) is 4.39 Å². The average molecular weight is 159 g/mol. The summed E-state index contributed by atoms with van der Waals surface area (Å²) in [5.41, 5.74) is 0. The molecular formula is C9H18FN. The molecule has 1 fully saturated rings. The Kier molecular flexibility index (Phi) is 3.84. The van der Waals surface area contributed by atoms with Gasteiger partial charge in [-0.2, -0.15) is 0 Å². The van der Waals surface area contributed by atoms with Crippen LogP contribution in [0.2, 0.25) is 0 Å². The number of likely N-dealkylation sites (tertiary alicyclic amines) is 1. The van der Waals surface area contributed by atoms with Crippen molar-refractivity contribution in [3.63, 3.8) is 0 Å². The molecule has 1 aliphatic rings. The minimum atomic E-state index is -0.555. The van der Waals surface area contributed by atoms with Gasteiger partial charge in [0.2, 0.25) is 0 Å². The van der Waals surface area contributed by atoms with Gasteiger partial charge >= 0.3 is 0 Å². The number of halogens is 1. The first kappa shape index (κ1) is 8.98. The van der Waals surface area contributed by atoms with Crippen LogP contribution in [0.4, 0.5) is 4.39 Å². The Hall–Kier alpha value is -0.110. The third-order valence-electron chi connectivity index (χ3n) is 2.28. The number of hydrogen-bond donors (Lipinski definition) is 0. The second kappa shape index (κ2) is 4.70. The van der Waals surface area contributed by atoms with Crippen LogP contribution in [0, 0.1) is 0 Å². The summed E-state index contributed by atoms with van der Waals surface area (Å²) < 4.78 is 12.8. The zero-order chi connectivity index (χ0) is 8.10. The Bertz CT molecular complexity index is 106. The molecule has 0 aliphatic carbocycles. The number of unbranched alkanes of at least 4 members (excludes halogenated alkanes) is 1. The lowest BCUT2D eigenvalue weighted by atomic mass is 10.1. The molecule has 1 unspecified atom stereocenters. The van der Waals surface area contributed by atoms with Crippen molar-refractivity contribution in [2.75, 3.05) is 19.6 Å². The maximum absolute atomic E-state index is 12.8. The van der Waals surface area contributed by atoms with Gasteiger partial charge in [0.1, 0.15) is 6.17 Å². The van der Waals surface area contributed by atoms with Crippen LogP contribution in [0.15, 0.2) is 0 Å². The lowest BCUT2D eigenvalue weighted by Crippen LogP contribution is -2.36. The molecule has 0 aromatic heterocycles. The van der Waals surface area contributed by atoms with Crippen molar-refractivity contribution in [1.82, 2.24) is 4.90 Å². The second-order valence-electron chi connectivity index (χ2n) is 3.39. The highest BCUT2D eigenvalue weighted by atomic mass is 19.1. The summed E-state index contributed by atoms with van der Waals surface area (Å²) in [6, 6.07) is 0. The number of rotatable bonds is 3. The van der Waals surface area contributed by atoms with Crippen LogP contribution in [0.25, 0.3) is 0 Å². The van der Waals surface area contributed by atoms with Crippen molar-refractivity contribution in [1.29, 1.82) is 0 Å². The summed E-state index contributed by atoms with van der Waals surface area (Å²) >= 11 is 0. The van der Waals surface area contributed by atoms with Gasteiger partial charge in [-0.05, 0) is 32.4 Å². The van der Waals surface area contributed by atoms with E-state index in [9.17, 15) is 4.39 Å². The fraction of sp³-hybridized carbons (Fsp3) is 1.00. The van der Waals surface area contributed by atoms with E-state index in [0.29, 0.717) is 6.54 Å². The fourth-order valence-corrected chi connectivity index (χ4v) is 1.58. The van der Waals surface area contributed by atoms with E-state index >= 15 is 0 Å². The lowest BCUT2D eigenvalue weighted by Gasteiger charge is -2.28. The molecule has 0 amide bonds. The van der Waals surface area contributed by atoms with E-state index in [2.05, 4.69) is 11.8 Å². The minimum absolute atomic E-state index is 0.555. The monoisotopic (exact) mass is 159 g/mol. The minimum Gasteiger partial charge on any atom is -0.300 e. The highest BCUT2D eigenvalue weighted by molar-refractivity contribution is 4.71. The van der Waals surface area contributed by atoms with Crippen LogP contribution < -0.4 is 0 Å². The van der Waals surface area contributed by atoms with Crippen LogP contribution in [0.3, 0.4) is 0 Å². The standard InChI is InChI=1S/C9H18FN/c1-2-3-6-11-7-4-5-9(10)8-11/h9H,2-8H2,1H3. The zero-order valence-corrected chi connectivity index (χ0v) is 7.35. The van der Waals surface area contributed by atoms with E-state index in [1.165, 1.54) is 12.8 Å². The summed E-state index contributed by atoms with van der Waals surface area (Å²) in [4.78, 5) is 2.25. The van der Waals surface area contributed by atoms with E-state index in [1.54, 1.807) is 0 Å². The molecule has 2 heteroatoms. The first-order chi connectivity index (χ1) is 5.33. The highest BCUT2D eigenvalue weighted by Crippen LogP contribution is 2.12. The number of piperidine rings is 1. The van der Waals surface area contributed by atoms with Crippen molar-refractivity contribution < 1.29 is 4.39 Å². The van der Waals surface area contributed by atoms with E-state index in [4.69, 9.17) is 0 Å². The molecule has 1 heterocycles. The Morgan fingerprint density at radius 2 is 2.36 bits per heavy atom. The quantitative estimate of drug-likeness (QED) is 0.610. The van der Waals surface area contributed by atoms with Gasteiger partial charge in [-0.15, -0.1) is 0 Å². The Morgan fingerprint density at radius 1 is 1.55 bits per heavy atom. The molecule has 66 valence electrons. The van der Waals surface area contributed by atoms with Crippen LogP contribution in [-0.2, 0) is 0 Å². The van der Waals surface area contributed by atoms with Crippen LogP contribution in [0.1, 0.15) is 32.6 Å². The second-order valence-corrected chi connectivity index (χ2v) is 3.39. The zero-order valence-electron chi connectivity index (χ0n) is 7.35. The van der Waals surface area contributed by atoms with Gasteiger partial charge in [-0.1, -0.05) is 13.3 Å². The molecule has 0 spiro atoms. The number of alkyl halides is 1. The van der Waals surface area contributed by atoms with Gasteiger partial charge in [0.05, 0.1) is 0 Å². The normalized spacial score (nSPS) is 27.3. The van der Waals surface area contributed by atoms with Gasteiger partial charge in [-0.3, -0.25) is 0 Å². The summed E-state index contributed by atoms with van der Waals surface area (Å²) in [6.45, 7) is 5.06. The maximum atomic E-state index is 12.8. The molecule has 0 N–H and O–H groups in total. The van der Waals surface area contributed by atoms with Crippen LogP contribution in [0.5, 0.6) is 0 Å². The molecule has 1 nitrogen and oxygen atoms in total. The topological polar surface area (TPSA) is 3.24 Å². The van der Waals surface area contributed by atoms with Gasteiger partial charge in [0, 0.05) is 6.54 Å². The first-order valence-electron chi connectivity index (χ1n) is 4.69. The van der Waals surface area contributed by atoms with E-state index in [-0.39, 0.29) is 0 Å². The van der Waals surface area contributed by atoms with Gasteiger partial charge in [0.25, 0.3) is 0 Å². The maximum Gasteiger partial charge on any atom is 0.113 e. The van der Waals surface area contributed by atoms with Crippen molar-refractivity contribution in [3.05, 3.63) is 0 Å². The van der Waals surface area contributed by atoms with Crippen molar-refractivity contribution in [2.24, 2.45) is 0 Å². The van der Waals surface area contributed by atoms with Gasteiger partial charge < -0.3 is 4.90 Å². The van der Waals surface area contributed by atoms with Crippen molar-refractivity contribution >= 4 is 0 Å². The van der Waals surface area contributed by atoms with E-state index < -0.39 is 6.17 Å². The summed E-state index contributed by atoms with van der Waals surface area (Å²) in [5, 5.41) is 0. The molecule has 1 atom stereocenters. The summed E-state index contributed by atoms with van der Waals surface area (Å²) in [5.74, 6) is 0. The molecule has 0 aromatic rings.